The molecule has 106 valence electrons. The van der Waals surface area contributed by atoms with Gasteiger partial charge in [0.25, 0.3) is 5.60 Å². The zero-order valence-corrected chi connectivity index (χ0v) is 11.5. The zero-order chi connectivity index (χ0) is 14.9. The summed E-state index contributed by atoms with van der Waals surface area (Å²) >= 11 is 0. The van der Waals surface area contributed by atoms with Crippen LogP contribution in [0.4, 0.5) is 0 Å². The Morgan fingerprint density at radius 2 is 1.76 bits per heavy atom. The molecule has 1 heterocycles. The predicted molar refractivity (Wildman–Crippen MR) is 76.3 cm³/mol. The van der Waals surface area contributed by atoms with Crippen LogP contribution in [0, 0.1) is 0 Å². The highest BCUT2D eigenvalue weighted by Crippen LogP contribution is 2.37. The van der Waals surface area contributed by atoms with Gasteiger partial charge >= 0.3 is 5.97 Å². The van der Waals surface area contributed by atoms with Crippen LogP contribution < -0.4 is 4.74 Å². The number of benzene rings is 2. The summed E-state index contributed by atoms with van der Waals surface area (Å²) in [6, 6.07) is 16.1. The number of ether oxygens (including phenoxy) is 2. The molecule has 1 aliphatic rings. The molecule has 4 heteroatoms. The molecule has 2 aromatic rings. The first-order valence-corrected chi connectivity index (χ1v) is 6.62. The second kappa shape index (κ2) is 5.05. The van der Waals surface area contributed by atoms with E-state index in [0.717, 1.165) is 5.56 Å². The van der Waals surface area contributed by atoms with E-state index < -0.39 is 11.6 Å². The van der Waals surface area contributed by atoms with Crippen LogP contribution in [0.5, 0.6) is 5.75 Å². The van der Waals surface area contributed by atoms with Crippen LogP contribution in [-0.4, -0.2) is 24.5 Å². The van der Waals surface area contributed by atoms with E-state index in [-0.39, 0.29) is 12.2 Å². The molecule has 1 atom stereocenters. The molecule has 4 nitrogen and oxygen atoms in total. The SMILES string of the molecule is COC(=O)C1(Cc2ccccc2)Oc2ccccc2C1=O. The summed E-state index contributed by atoms with van der Waals surface area (Å²) in [5.41, 5.74) is -0.373. The van der Waals surface area contributed by atoms with Crippen molar-refractivity contribution in [3.8, 4) is 5.75 Å². The van der Waals surface area contributed by atoms with Crippen molar-refractivity contribution in [1.82, 2.24) is 0 Å². The third-order valence-corrected chi connectivity index (χ3v) is 3.59. The van der Waals surface area contributed by atoms with Crippen LogP contribution in [0.25, 0.3) is 0 Å². The molecule has 0 N–H and O–H groups in total. The van der Waals surface area contributed by atoms with Crippen molar-refractivity contribution in [2.45, 2.75) is 12.0 Å². The van der Waals surface area contributed by atoms with Gasteiger partial charge in [0.05, 0.1) is 12.7 Å². The van der Waals surface area contributed by atoms with Crippen LogP contribution in [-0.2, 0) is 16.0 Å². The maximum atomic E-state index is 12.7. The molecule has 1 aliphatic heterocycles. The lowest BCUT2D eigenvalue weighted by Crippen LogP contribution is -2.50. The normalized spacial score (nSPS) is 19.8. The zero-order valence-electron chi connectivity index (χ0n) is 11.5. The first-order valence-electron chi connectivity index (χ1n) is 6.62. The summed E-state index contributed by atoms with van der Waals surface area (Å²) in [6.07, 6.45) is 0.147. The van der Waals surface area contributed by atoms with Crippen LogP contribution in [0.3, 0.4) is 0 Å². The van der Waals surface area contributed by atoms with Crippen molar-refractivity contribution in [1.29, 1.82) is 0 Å². The topological polar surface area (TPSA) is 52.6 Å². The van der Waals surface area contributed by atoms with E-state index >= 15 is 0 Å². The molecular formula is C17H14O4. The Hall–Kier alpha value is -2.62. The van der Waals surface area contributed by atoms with Crippen molar-refractivity contribution in [3.63, 3.8) is 0 Å². The summed E-state index contributed by atoms with van der Waals surface area (Å²) in [6.45, 7) is 0. The van der Waals surface area contributed by atoms with Crippen molar-refractivity contribution in [2.24, 2.45) is 0 Å². The van der Waals surface area contributed by atoms with Crippen molar-refractivity contribution in [3.05, 3.63) is 65.7 Å². The quantitative estimate of drug-likeness (QED) is 0.641. The number of para-hydroxylation sites is 1. The highest BCUT2D eigenvalue weighted by molar-refractivity contribution is 6.19. The first kappa shape index (κ1) is 13.4. The molecule has 0 amide bonds. The smallest absolute Gasteiger partial charge is 0.358 e. The molecule has 0 saturated carbocycles. The lowest BCUT2D eigenvalue weighted by molar-refractivity contribution is -0.153. The number of fused-ring (bicyclic) bond motifs is 1. The monoisotopic (exact) mass is 282 g/mol. The lowest BCUT2D eigenvalue weighted by Gasteiger charge is -2.24. The van der Waals surface area contributed by atoms with Gasteiger partial charge in [-0.1, -0.05) is 42.5 Å². The maximum absolute atomic E-state index is 12.7. The minimum absolute atomic E-state index is 0.147. The number of ketones is 1. The Balaban J connectivity index is 2.05. The van der Waals surface area contributed by atoms with Gasteiger partial charge in [-0.05, 0) is 17.7 Å². The van der Waals surface area contributed by atoms with Crippen LogP contribution in [0.15, 0.2) is 54.6 Å². The molecule has 3 rings (SSSR count). The third kappa shape index (κ3) is 2.09. The summed E-state index contributed by atoms with van der Waals surface area (Å²) in [5.74, 6) is -0.606. The fourth-order valence-electron chi connectivity index (χ4n) is 2.57. The van der Waals surface area contributed by atoms with Crippen molar-refractivity contribution < 1.29 is 19.1 Å². The minimum Gasteiger partial charge on any atom is -0.466 e. The minimum atomic E-state index is -1.63. The van der Waals surface area contributed by atoms with E-state index in [0.29, 0.717) is 11.3 Å². The maximum Gasteiger partial charge on any atom is 0.358 e. The van der Waals surface area contributed by atoms with Gasteiger partial charge in [0, 0.05) is 6.42 Å². The highest BCUT2D eigenvalue weighted by Gasteiger charge is 2.55. The van der Waals surface area contributed by atoms with Crippen LogP contribution >= 0.6 is 0 Å². The molecule has 0 fully saturated rings. The van der Waals surface area contributed by atoms with Crippen LogP contribution in [0.1, 0.15) is 15.9 Å². The van der Waals surface area contributed by atoms with Gasteiger partial charge < -0.3 is 9.47 Å². The average Bonchev–Trinajstić information content (AvgIpc) is 2.81. The molecule has 0 aromatic heterocycles. The van der Waals surface area contributed by atoms with E-state index in [1.807, 2.05) is 30.3 Å². The Morgan fingerprint density at radius 3 is 2.43 bits per heavy atom. The average molecular weight is 282 g/mol. The van der Waals surface area contributed by atoms with Gasteiger partial charge in [0.15, 0.2) is 0 Å². The lowest BCUT2D eigenvalue weighted by atomic mass is 9.88. The van der Waals surface area contributed by atoms with Gasteiger partial charge in [-0.15, -0.1) is 0 Å². The number of methoxy groups -OCH3 is 1. The second-order valence-electron chi connectivity index (χ2n) is 4.91. The summed E-state index contributed by atoms with van der Waals surface area (Å²) in [7, 11) is 1.26. The van der Waals surface area contributed by atoms with Gasteiger partial charge in [-0.2, -0.15) is 0 Å². The summed E-state index contributed by atoms with van der Waals surface area (Å²) < 4.78 is 10.6. The van der Waals surface area contributed by atoms with E-state index in [1.54, 1.807) is 24.3 Å². The summed E-state index contributed by atoms with van der Waals surface area (Å²) in [5, 5.41) is 0. The molecule has 0 aliphatic carbocycles. The highest BCUT2D eigenvalue weighted by atomic mass is 16.6. The Labute approximate surface area is 122 Å². The first-order chi connectivity index (χ1) is 10.2. The van der Waals surface area contributed by atoms with Crippen molar-refractivity contribution in [2.75, 3.05) is 7.11 Å². The number of hydrogen-bond donors (Lipinski definition) is 0. The molecule has 21 heavy (non-hydrogen) atoms. The third-order valence-electron chi connectivity index (χ3n) is 3.59. The number of carbonyl (C=O) groups excluding carboxylic acids is 2. The molecule has 2 aromatic carbocycles. The Kier molecular flexibility index (Phi) is 3.22. The number of Topliss-reactive ketones (excluding diaryl/α,β-unsaturated/α-hetero) is 1. The fraction of sp³-hybridized carbons (Fsp3) is 0.176. The fourth-order valence-corrected chi connectivity index (χ4v) is 2.57. The number of esters is 1. The number of carbonyl (C=O) groups is 2. The predicted octanol–water partition coefficient (Wildman–Crippen LogP) is 2.42. The Bertz CT molecular complexity index is 693. The van der Waals surface area contributed by atoms with Gasteiger partial charge in [0.2, 0.25) is 5.78 Å². The largest absolute Gasteiger partial charge is 0.466 e. The van der Waals surface area contributed by atoms with Gasteiger partial charge in [-0.25, -0.2) is 4.79 Å². The molecule has 1 unspecified atom stereocenters. The standard InChI is InChI=1S/C17H14O4/c1-20-16(19)17(11-12-7-3-2-4-8-12)15(18)13-9-5-6-10-14(13)21-17/h2-10H,11H2,1H3. The van der Waals surface area contributed by atoms with E-state index in [4.69, 9.17) is 9.47 Å². The summed E-state index contributed by atoms with van der Waals surface area (Å²) in [4.78, 5) is 24.9. The number of rotatable bonds is 3. The van der Waals surface area contributed by atoms with E-state index in [2.05, 4.69) is 0 Å². The molecule has 0 bridgehead atoms. The molecular weight excluding hydrogens is 268 g/mol. The Morgan fingerprint density at radius 1 is 1.10 bits per heavy atom. The number of hydrogen-bond acceptors (Lipinski definition) is 4. The van der Waals surface area contributed by atoms with E-state index in [1.165, 1.54) is 7.11 Å². The molecule has 0 saturated heterocycles. The van der Waals surface area contributed by atoms with Crippen LogP contribution in [0.2, 0.25) is 0 Å². The van der Waals surface area contributed by atoms with Gasteiger partial charge in [0.1, 0.15) is 5.75 Å². The molecule has 0 radical (unpaired) electrons. The van der Waals surface area contributed by atoms with Crippen molar-refractivity contribution >= 4 is 11.8 Å². The molecule has 0 spiro atoms. The second-order valence-corrected chi connectivity index (χ2v) is 4.91. The van der Waals surface area contributed by atoms with Gasteiger partial charge in [-0.3, -0.25) is 4.79 Å². The van der Waals surface area contributed by atoms with E-state index in [9.17, 15) is 9.59 Å².